The molecule has 0 radical (unpaired) electrons. The molecule has 0 fully saturated rings. The smallest absolute Gasteiger partial charge is 0.211 e. The number of carbonyl (C=O) groups excluding carboxylic acids is 2. The third-order valence-corrected chi connectivity index (χ3v) is 4.48. The molecule has 0 heterocycles. The van der Waals surface area contributed by atoms with E-state index in [1.54, 1.807) is 0 Å². The zero-order valence-electron chi connectivity index (χ0n) is 13.2. The van der Waals surface area contributed by atoms with E-state index in [0.717, 1.165) is 49.7 Å². The normalized spacial score (nSPS) is 14.5. The van der Waals surface area contributed by atoms with Gasteiger partial charge in [-0.25, -0.2) is 0 Å². The van der Waals surface area contributed by atoms with Gasteiger partial charge in [0, 0.05) is 11.1 Å². The molecular weight excluding hydrogens is 298 g/mol. The number of benzene rings is 1. The fourth-order valence-corrected chi connectivity index (χ4v) is 2.94. The molecule has 0 bridgehead atoms. The summed E-state index contributed by atoms with van der Waals surface area (Å²) in [6, 6.07) is 3.71. The minimum absolute atomic E-state index is 0.137. The zero-order valence-corrected chi connectivity index (χ0v) is 13.9. The molecule has 1 aromatic carbocycles. The Balaban J connectivity index is 2.51. The van der Waals surface area contributed by atoms with Gasteiger partial charge in [0.25, 0.3) is 0 Å². The van der Waals surface area contributed by atoms with Crippen LogP contribution in [-0.2, 0) is 12.8 Å². The largest absolute Gasteiger partial charge is 0.394 e. The van der Waals surface area contributed by atoms with Gasteiger partial charge >= 0.3 is 0 Å². The number of aryl methyl sites for hydroxylation is 2. The maximum absolute atomic E-state index is 12.3. The molecule has 0 aliphatic heterocycles. The lowest BCUT2D eigenvalue weighted by atomic mass is 9.86. The molecule has 2 N–H and O–H groups in total. The standard InChI is InChI=1S/C18H22ClNO2/c1-3-5-7-11-9-13-14(10-12(11)8-6-4-2)18(22)16(20)15(19)17(13)21/h9-10H,3-8,20H2,1-2H3. The summed E-state index contributed by atoms with van der Waals surface area (Å²) in [4.78, 5) is 24.6. The zero-order chi connectivity index (χ0) is 16.3. The fraction of sp³-hybridized carbons (Fsp3) is 0.444. The molecule has 0 atom stereocenters. The molecule has 22 heavy (non-hydrogen) atoms. The van der Waals surface area contributed by atoms with Crippen LogP contribution in [-0.4, -0.2) is 11.6 Å². The first-order valence-corrected chi connectivity index (χ1v) is 8.29. The summed E-state index contributed by atoms with van der Waals surface area (Å²) < 4.78 is 0. The first kappa shape index (κ1) is 16.8. The second kappa shape index (κ2) is 7.10. The summed E-state index contributed by atoms with van der Waals surface area (Å²) in [6.07, 6.45) is 6.14. The number of Topliss-reactive ketones (excluding diaryl/α,β-unsaturated/α-hetero) is 2. The van der Waals surface area contributed by atoms with Crippen LogP contribution >= 0.6 is 11.6 Å². The van der Waals surface area contributed by atoms with Gasteiger partial charge < -0.3 is 5.73 Å². The Morgan fingerprint density at radius 3 is 1.82 bits per heavy atom. The topological polar surface area (TPSA) is 60.2 Å². The summed E-state index contributed by atoms with van der Waals surface area (Å²) >= 11 is 5.90. The van der Waals surface area contributed by atoms with E-state index in [1.807, 2.05) is 12.1 Å². The number of nitrogens with two attached hydrogens (primary N) is 1. The van der Waals surface area contributed by atoms with E-state index in [1.165, 1.54) is 0 Å². The Hall–Kier alpha value is -1.61. The van der Waals surface area contributed by atoms with Gasteiger partial charge in [-0.15, -0.1) is 0 Å². The van der Waals surface area contributed by atoms with Crippen LogP contribution in [0.4, 0.5) is 0 Å². The molecule has 0 amide bonds. The van der Waals surface area contributed by atoms with Gasteiger partial charge in [0.1, 0.15) is 10.7 Å². The van der Waals surface area contributed by atoms with Crippen molar-refractivity contribution < 1.29 is 9.59 Å². The monoisotopic (exact) mass is 319 g/mol. The molecule has 1 aliphatic rings. The molecule has 118 valence electrons. The maximum atomic E-state index is 12.3. The summed E-state index contributed by atoms with van der Waals surface area (Å²) in [7, 11) is 0. The highest BCUT2D eigenvalue weighted by molar-refractivity contribution is 6.49. The van der Waals surface area contributed by atoms with Crippen molar-refractivity contribution in [3.05, 3.63) is 45.1 Å². The van der Waals surface area contributed by atoms with Gasteiger partial charge in [-0.1, -0.05) is 38.3 Å². The van der Waals surface area contributed by atoms with Gasteiger partial charge in [-0.3, -0.25) is 9.59 Å². The summed E-state index contributed by atoms with van der Waals surface area (Å²) in [5, 5.41) is -0.153. The molecule has 3 nitrogen and oxygen atoms in total. The van der Waals surface area contributed by atoms with Crippen LogP contribution in [0.25, 0.3) is 0 Å². The van der Waals surface area contributed by atoms with Crippen molar-refractivity contribution >= 4 is 23.2 Å². The Morgan fingerprint density at radius 1 is 0.909 bits per heavy atom. The lowest BCUT2D eigenvalue weighted by Crippen LogP contribution is -2.25. The molecule has 0 saturated carbocycles. The molecule has 0 aromatic heterocycles. The van der Waals surface area contributed by atoms with E-state index >= 15 is 0 Å². The van der Waals surface area contributed by atoms with Crippen molar-refractivity contribution in [1.82, 2.24) is 0 Å². The number of rotatable bonds is 6. The average molecular weight is 320 g/mol. The number of unbranched alkanes of at least 4 members (excludes halogenated alkanes) is 2. The Kier molecular flexibility index (Phi) is 5.41. The maximum Gasteiger partial charge on any atom is 0.211 e. The summed E-state index contributed by atoms with van der Waals surface area (Å²) in [5.41, 5.74) is 8.64. The van der Waals surface area contributed by atoms with Crippen molar-refractivity contribution in [2.75, 3.05) is 0 Å². The highest BCUT2D eigenvalue weighted by atomic mass is 35.5. The van der Waals surface area contributed by atoms with Gasteiger partial charge in [-0.2, -0.15) is 0 Å². The van der Waals surface area contributed by atoms with Gasteiger partial charge in [0.15, 0.2) is 0 Å². The molecule has 1 aromatic rings. The molecule has 1 aliphatic carbocycles. The van der Waals surface area contributed by atoms with Crippen LogP contribution in [0.3, 0.4) is 0 Å². The SMILES string of the molecule is CCCCc1cc2c(cc1CCCC)C(=O)C(Cl)=C(N)C2=O. The first-order valence-electron chi connectivity index (χ1n) is 7.91. The number of carbonyl (C=O) groups is 2. The fourth-order valence-electron chi connectivity index (χ4n) is 2.75. The second-order valence-electron chi connectivity index (χ2n) is 5.76. The van der Waals surface area contributed by atoms with E-state index in [0.29, 0.717) is 11.1 Å². The van der Waals surface area contributed by atoms with E-state index in [9.17, 15) is 9.59 Å². The van der Waals surface area contributed by atoms with Gasteiger partial charge in [0.05, 0.1) is 0 Å². The third kappa shape index (κ3) is 3.09. The number of ketones is 2. The van der Waals surface area contributed by atoms with Crippen molar-refractivity contribution in [2.24, 2.45) is 5.73 Å². The van der Waals surface area contributed by atoms with Crippen LogP contribution in [0.2, 0.25) is 0 Å². The second-order valence-corrected chi connectivity index (χ2v) is 6.14. The van der Waals surface area contributed by atoms with Crippen molar-refractivity contribution in [3.63, 3.8) is 0 Å². The van der Waals surface area contributed by atoms with E-state index in [-0.39, 0.29) is 22.3 Å². The van der Waals surface area contributed by atoms with Crippen LogP contribution < -0.4 is 5.73 Å². The lowest BCUT2D eigenvalue weighted by Gasteiger charge is -2.19. The van der Waals surface area contributed by atoms with Crippen LogP contribution in [0, 0.1) is 0 Å². The Labute approximate surface area is 136 Å². The minimum atomic E-state index is -0.339. The Bertz CT molecular complexity index is 592. The van der Waals surface area contributed by atoms with E-state index < -0.39 is 0 Å². The number of allylic oxidation sites excluding steroid dienone is 2. The highest BCUT2D eigenvalue weighted by Gasteiger charge is 2.30. The highest BCUT2D eigenvalue weighted by Crippen LogP contribution is 2.30. The third-order valence-electron chi connectivity index (χ3n) is 4.11. The van der Waals surface area contributed by atoms with Crippen molar-refractivity contribution in [3.8, 4) is 0 Å². The Morgan fingerprint density at radius 2 is 1.36 bits per heavy atom. The van der Waals surface area contributed by atoms with E-state index in [4.69, 9.17) is 17.3 Å². The van der Waals surface area contributed by atoms with Crippen LogP contribution in [0.1, 0.15) is 71.4 Å². The first-order chi connectivity index (χ1) is 10.5. The average Bonchev–Trinajstić information content (AvgIpc) is 2.54. The molecule has 2 rings (SSSR count). The minimum Gasteiger partial charge on any atom is -0.394 e. The summed E-state index contributed by atoms with van der Waals surface area (Å²) in [6.45, 7) is 4.28. The summed E-state index contributed by atoms with van der Waals surface area (Å²) in [5.74, 6) is -0.673. The van der Waals surface area contributed by atoms with Gasteiger partial charge in [0.2, 0.25) is 11.6 Å². The number of hydrogen-bond donors (Lipinski definition) is 1. The van der Waals surface area contributed by atoms with Crippen molar-refractivity contribution in [2.45, 2.75) is 52.4 Å². The molecule has 0 unspecified atom stereocenters. The number of fused-ring (bicyclic) bond motifs is 1. The van der Waals surface area contributed by atoms with E-state index in [2.05, 4.69) is 13.8 Å². The van der Waals surface area contributed by atoms with Crippen LogP contribution in [0.5, 0.6) is 0 Å². The molecular formula is C18H22ClNO2. The predicted molar refractivity (Wildman–Crippen MR) is 89.4 cm³/mol. The molecule has 0 spiro atoms. The predicted octanol–water partition coefficient (Wildman–Crippen LogP) is 4.16. The number of halogens is 1. The molecule has 0 saturated heterocycles. The lowest BCUT2D eigenvalue weighted by molar-refractivity contribution is 0.0979. The molecule has 4 heteroatoms. The van der Waals surface area contributed by atoms with Crippen molar-refractivity contribution in [1.29, 1.82) is 0 Å². The van der Waals surface area contributed by atoms with Crippen LogP contribution in [0.15, 0.2) is 22.9 Å². The number of hydrogen-bond acceptors (Lipinski definition) is 3. The quantitative estimate of drug-likeness (QED) is 0.856. The van der Waals surface area contributed by atoms with Gasteiger partial charge in [-0.05, 0) is 48.9 Å².